The van der Waals surface area contributed by atoms with Crippen molar-refractivity contribution in [3.8, 4) is 0 Å². The third-order valence-corrected chi connectivity index (χ3v) is 3.28. The van der Waals surface area contributed by atoms with Crippen molar-refractivity contribution < 1.29 is 27.3 Å². The maximum Gasteiger partial charge on any atom is 0.470 e. The number of amides is 1. The molecular weight excluding hydrogens is 357 g/mol. The van der Waals surface area contributed by atoms with Gasteiger partial charge >= 0.3 is 12.1 Å². The largest absolute Gasteiger partial charge is 0.470 e. The molecule has 1 N–H and O–H groups in total. The standard InChI is InChI=1S/C15H15F3N4O4/c1-14(2,3)12(23)19-10-5-4-9(22(24)25)6-8(10)7-11-20-21-13(26-11)15(16,17)18/h4-6H,7H2,1-3H3,(H,19,23). The van der Waals surface area contributed by atoms with E-state index in [4.69, 9.17) is 0 Å². The first-order valence-electron chi connectivity index (χ1n) is 7.36. The predicted octanol–water partition coefficient (Wildman–Crippen LogP) is 3.57. The third-order valence-electron chi connectivity index (χ3n) is 3.28. The Balaban J connectivity index is 2.37. The number of nitro benzene ring substituents is 1. The summed E-state index contributed by atoms with van der Waals surface area (Å²) in [5, 5.41) is 19.8. The number of rotatable bonds is 4. The lowest BCUT2D eigenvalue weighted by molar-refractivity contribution is -0.384. The lowest BCUT2D eigenvalue weighted by Gasteiger charge is -2.19. The summed E-state index contributed by atoms with van der Waals surface area (Å²) in [7, 11) is 0. The smallest absolute Gasteiger partial charge is 0.417 e. The van der Waals surface area contributed by atoms with Crippen LogP contribution in [0.1, 0.15) is 38.1 Å². The summed E-state index contributed by atoms with van der Waals surface area (Å²) in [4.78, 5) is 22.4. The fraction of sp³-hybridized carbons (Fsp3) is 0.400. The summed E-state index contributed by atoms with van der Waals surface area (Å²) in [6.45, 7) is 5.00. The second-order valence-electron chi connectivity index (χ2n) is 6.48. The third kappa shape index (κ3) is 4.55. The predicted molar refractivity (Wildman–Crippen MR) is 83.3 cm³/mol. The molecule has 1 aromatic carbocycles. The monoisotopic (exact) mass is 372 g/mol. The van der Waals surface area contributed by atoms with Crippen molar-refractivity contribution in [3.63, 3.8) is 0 Å². The van der Waals surface area contributed by atoms with Crippen LogP contribution < -0.4 is 5.32 Å². The maximum atomic E-state index is 12.5. The van der Waals surface area contributed by atoms with E-state index in [0.29, 0.717) is 0 Å². The van der Waals surface area contributed by atoms with Crippen LogP contribution in [0.4, 0.5) is 24.5 Å². The van der Waals surface area contributed by atoms with Crippen LogP contribution in [-0.2, 0) is 17.4 Å². The zero-order chi connectivity index (χ0) is 19.7. The number of non-ortho nitro benzene ring substituents is 1. The van der Waals surface area contributed by atoms with Crippen LogP contribution in [0.5, 0.6) is 0 Å². The summed E-state index contributed by atoms with van der Waals surface area (Å²) in [6.07, 6.45) is -5.11. The van der Waals surface area contributed by atoms with E-state index in [2.05, 4.69) is 19.9 Å². The lowest BCUT2D eigenvalue weighted by Crippen LogP contribution is -2.28. The molecule has 0 radical (unpaired) electrons. The number of hydrogen-bond donors (Lipinski definition) is 1. The number of anilines is 1. The van der Waals surface area contributed by atoms with E-state index in [0.717, 1.165) is 6.07 Å². The minimum Gasteiger partial charge on any atom is -0.417 e. The van der Waals surface area contributed by atoms with Crippen LogP contribution in [-0.4, -0.2) is 21.0 Å². The summed E-state index contributed by atoms with van der Waals surface area (Å²) < 4.78 is 42.2. The Labute approximate surface area is 145 Å². The average molecular weight is 372 g/mol. The first-order valence-corrected chi connectivity index (χ1v) is 7.36. The van der Waals surface area contributed by atoms with Gasteiger partial charge in [0.15, 0.2) is 0 Å². The molecule has 11 heteroatoms. The molecule has 2 rings (SSSR count). The number of alkyl halides is 3. The second-order valence-corrected chi connectivity index (χ2v) is 6.48. The van der Waals surface area contributed by atoms with Crippen molar-refractivity contribution in [2.45, 2.75) is 33.4 Å². The molecule has 1 heterocycles. The Morgan fingerprint density at radius 1 is 1.27 bits per heavy atom. The van der Waals surface area contributed by atoms with Crippen LogP contribution in [0.2, 0.25) is 0 Å². The highest BCUT2D eigenvalue weighted by molar-refractivity contribution is 5.95. The summed E-state index contributed by atoms with van der Waals surface area (Å²) in [6, 6.07) is 3.62. The Morgan fingerprint density at radius 2 is 1.92 bits per heavy atom. The molecular formula is C15H15F3N4O4. The molecule has 26 heavy (non-hydrogen) atoms. The number of carbonyl (C=O) groups excluding carboxylic acids is 1. The summed E-state index contributed by atoms with van der Waals surface area (Å²) >= 11 is 0. The lowest BCUT2D eigenvalue weighted by atomic mass is 9.95. The zero-order valence-electron chi connectivity index (χ0n) is 14.0. The number of halogens is 3. The zero-order valence-corrected chi connectivity index (χ0v) is 14.0. The molecule has 1 amide bonds. The van der Waals surface area contributed by atoms with Crippen LogP contribution >= 0.6 is 0 Å². The van der Waals surface area contributed by atoms with Crippen molar-refractivity contribution in [2.24, 2.45) is 5.41 Å². The molecule has 0 aliphatic heterocycles. The fourth-order valence-electron chi connectivity index (χ4n) is 1.87. The Bertz CT molecular complexity index is 840. The first-order chi connectivity index (χ1) is 11.9. The van der Waals surface area contributed by atoms with Crippen LogP contribution in [0.15, 0.2) is 22.6 Å². The van der Waals surface area contributed by atoms with Gasteiger partial charge in [-0.05, 0) is 11.6 Å². The van der Waals surface area contributed by atoms with Gasteiger partial charge in [0, 0.05) is 23.2 Å². The molecule has 0 unspecified atom stereocenters. The van der Waals surface area contributed by atoms with Gasteiger partial charge in [-0.25, -0.2) is 0 Å². The molecule has 0 aliphatic rings. The van der Waals surface area contributed by atoms with Gasteiger partial charge in [-0.2, -0.15) is 13.2 Å². The van der Waals surface area contributed by atoms with E-state index in [1.165, 1.54) is 12.1 Å². The number of hydrogen-bond acceptors (Lipinski definition) is 6. The quantitative estimate of drug-likeness (QED) is 0.649. The van der Waals surface area contributed by atoms with Gasteiger partial charge in [-0.1, -0.05) is 20.8 Å². The van der Waals surface area contributed by atoms with Crippen LogP contribution in [0.25, 0.3) is 0 Å². The van der Waals surface area contributed by atoms with Crippen LogP contribution in [0, 0.1) is 15.5 Å². The van der Waals surface area contributed by atoms with E-state index >= 15 is 0 Å². The Hall–Kier alpha value is -2.98. The molecule has 140 valence electrons. The van der Waals surface area contributed by atoms with E-state index < -0.39 is 22.4 Å². The SMILES string of the molecule is CC(C)(C)C(=O)Nc1ccc([N+](=O)[O-])cc1Cc1nnc(C(F)(F)F)o1. The second kappa shape index (κ2) is 6.73. The van der Waals surface area contributed by atoms with Crippen molar-refractivity contribution in [2.75, 3.05) is 5.32 Å². The highest BCUT2D eigenvalue weighted by atomic mass is 19.4. The van der Waals surface area contributed by atoms with Crippen molar-refractivity contribution >= 4 is 17.3 Å². The molecule has 0 atom stereocenters. The molecule has 0 aliphatic carbocycles. The van der Waals surface area contributed by atoms with E-state index in [9.17, 15) is 28.1 Å². The van der Waals surface area contributed by atoms with Crippen molar-refractivity contribution in [1.29, 1.82) is 0 Å². The molecule has 0 fully saturated rings. The van der Waals surface area contributed by atoms with Gasteiger partial charge in [-0.15, -0.1) is 10.2 Å². The average Bonchev–Trinajstić information content (AvgIpc) is 2.96. The van der Waals surface area contributed by atoms with E-state index in [1.54, 1.807) is 20.8 Å². The van der Waals surface area contributed by atoms with Crippen molar-refractivity contribution in [1.82, 2.24) is 10.2 Å². The summed E-state index contributed by atoms with van der Waals surface area (Å²) in [5.74, 6) is -2.27. The van der Waals surface area contributed by atoms with Gasteiger partial charge in [0.05, 0.1) is 11.3 Å². The Morgan fingerprint density at radius 3 is 2.42 bits per heavy atom. The molecule has 0 spiro atoms. The highest BCUT2D eigenvalue weighted by Gasteiger charge is 2.38. The number of aromatic nitrogens is 2. The highest BCUT2D eigenvalue weighted by Crippen LogP contribution is 2.30. The number of nitrogens with one attached hydrogen (secondary N) is 1. The number of carbonyl (C=O) groups is 1. The van der Waals surface area contributed by atoms with Gasteiger partial charge in [-0.3, -0.25) is 14.9 Å². The number of nitrogens with zero attached hydrogens (tertiary/aromatic N) is 3. The van der Waals surface area contributed by atoms with Gasteiger partial charge in [0.2, 0.25) is 11.8 Å². The minimum absolute atomic E-state index is 0.175. The number of benzene rings is 1. The molecule has 0 saturated carbocycles. The van der Waals surface area contributed by atoms with E-state index in [1.807, 2.05) is 0 Å². The fourth-order valence-corrected chi connectivity index (χ4v) is 1.87. The Kier molecular flexibility index (Phi) is 5.01. The number of nitro groups is 1. The molecule has 0 bridgehead atoms. The van der Waals surface area contributed by atoms with Gasteiger partial charge in [0.1, 0.15) is 0 Å². The van der Waals surface area contributed by atoms with Crippen molar-refractivity contribution in [3.05, 3.63) is 45.7 Å². The van der Waals surface area contributed by atoms with E-state index in [-0.39, 0.29) is 35.2 Å². The molecule has 1 aromatic heterocycles. The summed E-state index contributed by atoms with van der Waals surface area (Å²) in [5.41, 5.74) is -0.645. The maximum absolute atomic E-state index is 12.5. The van der Waals surface area contributed by atoms with Gasteiger partial charge in [0.25, 0.3) is 5.69 Å². The van der Waals surface area contributed by atoms with Crippen LogP contribution in [0.3, 0.4) is 0 Å². The normalized spacial score (nSPS) is 12.1. The minimum atomic E-state index is -4.79. The molecule has 8 nitrogen and oxygen atoms in total. The molecule has 2 aromatic rings. The topological polar surface area (TPSA) is 111 Å². The first kappa shape index (κ1) is 19.3. The molecule has 0 saturated heterocycles. The van der Waals surface area contributed by atoms with Gasteiger partial charge < -0.3 is 9.73 Å².